The van der Waals surface area contributed by atoms with Crippen LogP contribution in [0.15, 0.2) is 24.3 Å². The van der Waals surface area contributed by atoms with Crippen LogP contribution in [0.5, 0.6) is 0 Å². The number of hydrogen-bond acceptors (Lipinski definition) is 3. The quantitative estimate of drug-likeness (QED) is 0.617. The van der Waals surface area contributed by atoms with Crippen LogP contribution in [0.1, 0.15) is 18.4 Å². The van der Waals surface area contributed by atoms with Crippen molar-refractivity contribution in [1.82, 2.24) is 0 Å². The number of nitrogens with zero attached hydrogens (tertiary/aromatic N) is 1. The fourth-order valence-electron chi connectivity index (χ4n) is 1.59. The summed E-state index contributed by atoms with van der Waals surface area (Å²) < 4.78 is 25.2. The van der Waals surface area contributed by atoms with E-state index in [1.807, 2.05) is 0 Å². The second kappa shape index (κ2) is 4.03. The van der Waals surface area contributed by atoms with Crippen molar-refractivity contribution in [3.05, 3.63) is 29.8 Å². The third-order valence-electron chi connectivity index (χ3n) is 2.87. The van der Waals surface area contributed by atoms with Gasteiger partial charge in [0.05, 0.1) is 10.9 Å². The van der Waals surface area contributed by atoms with E-state index in [9.17, 15) is 8.42 Å². The van der Waals surface area contributed by atoms with Gasteiger partial charge in [-0.15, -0.1) is 0 Å². The second-order valence-electron chi connectivity index (χ2n) is 4.17. The van der Waals surface area contributed by atoms with E-state index >= 15 is 0 Å². The van der Waals surface area contributed by atoms with Crippen LogP contribution in [0.4, 0.5) is 5.69 Å². The Morgan fingerprint density at radius 3 is 2.29 bits per heavy atom. The lowest BCUT2D eigenvalue weighted by molar-refractivity contribution is 0.593. The topological polar surface area (TPSA) is 87.2 Å². The van der Waals surface area contributed by atoms with Gasteiger partial charge < -0.3 is 5.73 Å². The molecule has 0 saturated heterocycles. The molecule has 0 spiro atoms. The number of rotatable bonds is 4. The van der Waals surface area contributed by atoms with Crippen LogP contribution in [0, 0.1) is 5.41 Å². The highest BCUT2D eigenvalue weighted by atomic mass is 32.2. The molecule has 1 aliphatic carbocycles. The molecule has 2 rings (SSSR count). The van der Waals surface area contributed by atoms with Crippen molar-refractivity contribution in [2.75, 3.05) is 11.4 Å². The first-order chi connectivity index (χ1) is 7.93. The van der Waals surface area contributed by atoms with Gasteiger partial charge in [0.2, 0.25) is 10.0 Å². The molecule has 92 valence electrons. The molecule has 0 aliphatic heterocycles. The number of benzene rings is 1. The molecule has 0 heterocycles. The van der Waals surface area contributed by atoms with Crippen molar-refractivity contribution < 1.29 is 8.42 Å². The fraction of sp³-hybridized carbons (Fsp3) is 0.364. The summed E-state index contributed by atoms with van der Waals surface area (Å²) in [5, 5.41) is 7.04. The average Bonchev–Trinajstić information content (AvgIpc) is 3.12. The van der Waals surface area contributed by atoms with Crippen LogP contribution in [-0.4, -0.2) is 26.6 Å². The van der Waals surface area contributed by atoms with E-state index in [-0.39, 0.29) is 11.1 Å². The Bertz CT molecular complexity index is 532. The molecule has 3 N–H and O–H groups in total. The van der Waals surface area contributed by atoms with Crippen LogP contribution in [-0.2, 0) is 10.0 Å². The first-order valence-electron chi connectivity index (χ1n) is 5.35. The Labute approximate surface area is 101 Å². The first-order valence-corrected chi connectivity index (χ1v) is 6.85. The van der Waals surface area contributed by atoms with Gasteiger partial charge in [-0.2, -0.15) is 0 Å². The molecule has 17 heavy (non-hydrogen) atoms. The summed E-state index contributed by atoms with van der Waals surface area (Å²) in [6.07, 6.45) is 1.50. The number of nitrogens with two attached hydrogens (primary N) is 1. The predicted molar refractivity (Wildman–Crippen MR) is 67.8 cm³/mol. The van der Waals surface area contributed by atoms with Gasteiger partial charge >= 0.3 is 0 Å². The van der Waals surface area contributed by atoms with E-state index in [1.54, 1.807) is 31.3 Å². The highest BCUT2D eigenvalue weighted by Gasteiger charge is 2.38. The molecule has 1 aromatic carbocycles. The standard InChI is InChI=1S/C11H15N3O2S/c1-14(17(15,16)10-6-7-10)9-4-2-8(3-5-9)11(12)13/h2-5,10H,6-7H2,1H3,(H3,12,13). The maximum Gasteiger partial charge on any atom is 0.237 e. The molecule has 0 amide bonds. The first kappa shape index (κ1) is 11.9. The molecule has 1 fully saturated rings. The monoisotopic (exact) mass is 253 g/mol. The fourth-order valence-corrected chi connectivity index (χ4v) is 3.18. The molecule has 0 aromatic heterocycles. The molecule has 0 atom stereocenters. The van der Waals surface area contributed by atoms with E-state index in [0.29, 0.717) is 11.3 Å². The maximum absolute atomic E-state index is 12.0. The second-order valence-corrected chi connectivity index (χ2v) is 6.42. The zero-order valence-corrected chi connectivity index (χ0v) is 10.4. The van der Waals surface area contributed by atoms with Crippen molar-refractivity contribution in [2.24, 2.45) is 5.73 Å². The highest BCUT2D eigenvalue weighted by molar-refractivity contribution is 7.93. The van der Waals surface area contributed by atoms with Crippen molar-refractivity contribution in [3.63, 3.8) is 0 Å². The maximum atomic E-state index is 12.0. The summed E-state index contributed by atoms with van der Waals surface area (Å²) in [5.41, 5.74) is 6.52. The summed E-state index contributed by atoms with van der Waals surface area (Å²) >= 11 is 0. The Morgan fingerprint density at radius 2 is 1.88 bits per heavy atom. The molecule has 0 bridgehead atoms. The van der Waals surface area contributed by atoms with Gasteiger partial charge in [0.1, 0.15) is 5.84 Å². The van der Waals surface area contributed by atoms with Gasteiger partial charge in [0.15, 0.2) is 0 Å². The number of nitrogens with one attached hydrogen (secondary N) is 1. The zero-order valence-electron chi connectivity index (χ0n) is 9.55. The lowest BCUT2D eigenvalue weighted by Crippen LogP contribution is -2.29. The van der Waals surface area contributed by atoms with Gasteiger partial charge in [0.25, 0.3) is 0 Å². The number of amidine groups is 1. The zero-order chi connectivity index (χ0) is 12.6. The Morgan fingerprint density at radius 1 is 1.35 bits per heavy atom. The van der Waals surface area contributed by atoms with Gasteiger partial charge in [-0.25, -0.2) is 8.42 Å². The number of sulfonamides is 1. The van der Waals surface area contributed by atoms with Crippen LogP contribution < -0.4 is 10.0 Å². The van der Waals surface area contributed by atoms with E-state index in [0.717, 1.165) is 12.8 Å². The summed E-state index contributed by atoms with van der Waals surface area (Å²) in [7, 11) is -1.65. The molecule has 1 saturated carbocycles. The van der Waals surface area contributed by atoms with E-state index in [1.165, 1.54) is 4.31 Å². The third-order valence-corrected chi connectivity index (χ3v) is 5.16. The minimum Gasteiger partial charge on any atom is -0.384 e. The molecule has 0 radical (unpaired) electrons. The molecule has 5 nitrogen and oxygen atoms in total. The number of hydrogen-bond donors (Lipinski definition) is 2. The van der Waals surface area contributed by atoms with Crippen molar-refractivity contribution in [3.8, 4) is 0 Å². The Kier molecular flexibility index (Phi) is 2.82. The Hall–Kier alpha value is -1.56. The molecule has 1 aromatic rings. The number of anilines is 1. The SMILES string of the molecule is CN(c1ccc(C(=N)N)cc1)S(=O)(=O)C1CC1. The van der Waals surface area contributed by atoms with E-state index in [4.69, 9.17) is 11.1 Å². The highest BCUT2D eigenvalue weighted by Crippen LogP contribution is 2.32. The largest absolute Gasteiger partial charge is 0.384 e. The minimum absolute atomic E-state index is 0.0238. The summed E-state index contributed by atoms with van der Waals surface area (Å²) in [4.78, 5) is 0. The molecular weight excluding hydrogens is 238 g/mol. The lowest BCUT2D eigenvalue weighted by atomic mass is 10.2. The summed E-state index contributed by atoms with van der Waals surface area (Å²) in [6, 6.07) is 6.63. The van der Waals surface area contributed by atoms with Crippen molar-refractivity contribution in [2.45, 2.75) is 18.1 Å². The molecular formula is C11H15N3O2S. The van der Waals surface area contributed by atoms with Gasteiger partial charge in [-0.05, 0) is 37.1 Å². The normalized spacial score (nSPS) is 15.6. The lowest BCUT2D eigenvalue weighted by Gasteiger charge is -2.19. The third kappa shape index (κ3) is 2.26. The van der Waals surface area contributed by atoms with Gasteiger partial charge in [-0.3, -0.25) is 9.71 Å². The van der Waals surface area contributed by atoms with E-state index < -0.39 is 10.0 Å². The minimum atomic E-state index is -3.20. The number of nitrogen functional groups attached to an aromatic ring is 1. The van der Waals surface area contributed by atoms with Crippen molar-refractivity contribution >= 4 is 21.5 Å². The summed E-state index contributed by atoms with van der Waals surface area (Å²) in [6.45, 7) is 0. The summed E-state index contributed by atoms with van der Waals surface area (Å²) in [5.74, 6) is -0.0238. The Balaban J connectivity index is 2.25. The van der Waals surface area contributed by atoms with Gasteiger partial charge in [0, 0.05) is 12.6 Å². The van der Waals surface area contributed by atoms with Crippen molar-refractivity contribution in [1.29, 1.82) is 5.41 Å². The van der Waals surface area contributed by atoms with Gasteiger partial charge in [-0.1, -0.05) is 0 Å². The average molecular weight is 253 g/mol. The van der Waals surface area contributed by atoms with Crippen LogP contribution >= 0.6 is 0 Å². The van der Waals surface area contributed by atoms with Crippen LogP contribution in [0.2, 0.25) is 0 Å². The smallest absolute Gasteiger partial charge is 0.237 e. The predicted octanol–water partition coefficient (Wildman–Crippen LogP) is 0.899. The van der Waals surface area contributed by atoms with Crippen LogP contribution in [0.3, 0.4) is 0 Å². The molecule has 1 aliphatic rings. The molecule has 0 unspecified atom stereocenters. The van der Waals surface area contributed by atoms with E-state index in [2.05, 4.69) is 0 Å². The molecule has 6 heteroatoms. The van der Waals surface area contributed by atoms with Crippen LogP contribution in [0.25, 0.3) is 0 Å².